The van der Waals surface area contributed by atoms with Crippen molar-refractivity contribution in [1.29, 1.82) is 0 Å². The summed E-state index contributed by atoms with van der Waals surface area (Å²) in [5.74, 6) is 0.819. The van der Waals surface area contributed by atoms with Gasteiger partial charge in [-0.05, 0) is 19.1 Å². The van der Waals surface area contributed by atoms with Gasteiger partial charge in [-0.25, -0.2) is 0 Å². The van der Waals surface area contributed by atoms with Crippen LogP contribution in [0.15, 0.2) is 18.2 Å². The van der Waals surface area contributed by atoms with Crippen LogP contribution in [-0.4, -0.2) is 28.6 Å². The topological polar surface area (TPSA) is 59.9 Å². The van der Waals surface area contributed by atoms with Crippen molar-refractivity contribution >= 4 is 29.2 Å². The van der Waals surface area contributed by atoms with Crippen LogP contribution in [0.3, 0.4) is 0 Å². The largest absolute Gasteiger partial charge is 0.464 e. The zero-order valence-electron chi connectivity index (χ0n) is 10.4. The van der Waals surface area contributed by atoms with E-state index in [-0.39, 0.29) is 6.01 Å². The van der Waals surface area contributed by atoms with Crippen molar-refractivity contribution in [3.63, 3.8) is 0 Å². The normalized spacial score (nSPS) is 10.3. The number of ether oxygens (including phenoxy) is 1. The number of aromatic nitrogens is 3. The van der Waals surface area contributed by atoms with Crippen LogP contribution in [0.4, 0.5) is 5.95 Å². The van der Waals surface area contributed by atoms with Gasteiger partial charge in [0.2, 0.25) is 5.95 Å². The van der Waals surface area contributed by atoms with Crippen molar-refractivity contribution in [2.75, 3.05) is 19.0 Å². The van der Waals surface area contributed by atoms with Gasteiger partial charge in [-0.2, -0.15) is 15.0 Å². The lowest BCUT2D eigenvalue weighted by molar-refractivity contribution is 0.312. The zero-order chi connectivity index (χ0) is 13.8. The average Bonchev–Trinajstić information content (AvgIpc) is 2.42. The summed E-state index contributed by atoms with van der Waals surface area (Å²) in [5.41, 5.74) is 0.633. The molecule has 19 heavy (non-hydrogen) atoms. The molecule has 2 aromatic rings. The number of hydrogen-bond acceptors (Lipinski definition) is 5. The molecule has 0 saturated carbocycles. The summed E-state index contributed by atoms with van der Waals surface area (Å²) in [7, 11) is 1.72. The van der Waals surface area contributed by atoms with Crippen LogP contribution in [0.25, 0.3) is 11.4 Å². The predicted octanol–water partition coefficient (Wildman–Crippen LogP) is 3.29. The number of nitrogens with one attached hydrogen (secondary N) is 1. The minimum Gasteiger partial charge on any atom is -0.464 e. The molecule has 1 heterocycles. The zero-order valence-corrected chi connectivity index (χ0v) is 12.0. The van der Waals surface area contributed by atoms with Gasteiger partial charge in [-0.3, -0.25) is 0 Å². The first kappa shape index (κ1) is 13.8. The minimum atomic E-state index is 0.243. The van der Waals surface area contributed by atoms with Crippen molar-refractivity contribution in [2.24, 2.45) is 0 Å². The van der Waals surface area contributed by atoms with Crippen molar-refractivity contribution in [2.45, 2.75) is 6.92 Å². The van der Waals surface area contributed by atoms with E-state index in [4.69, 9.17) is 27.9 Å². The summed E-state index contributed by atoms with van der Waals surface area (Å²) in [6, 6.07) is 5.52. The van der Waals surface area contributed by atoms with Gasteiger partial charge in [0.1, 0.15) is 0 Å². The van der Waals surface area contributed by atoms with Gasteiger partial charge >= 0.3 is 6.01 Å². The fraction of sp³-hybridized carbons (Fsp3) is 0.250. The van der Waals surface area contributed by atoms with Gasteiger partial charge in [-0.1, -0.05) is 29.3 Å². The van der Waals surface area contributed by atoms with Crippen molar-refractivity contribution in [3.05, 3.63) is 28.2 Å². The molecule has 5 nitrogen and oxygen atoms in total. The number of benzene rings is 1. The lowest BCUT2D eigenvalue weighted by Crippen LogP contribution is -2.05. The van der Waals surface area contributed by atoms with Crippen LogP contribution < -0.4 is 10.1 Å². The Balaban J connectivity index is 2.54. The maximum Gasteiger partial charge on any atom is 0.321 e. The molecule has 1 N–H and O–H groups in total. The second kappa shape index (κ2) is 6.04. The molecule has 0 saturated heterocycles. The second-order valence-electron chi connectivity index (χ2n) is 3.55. The molecular formula is C12H12Cl2N4O. The van der Waals surface area contributed by atoms with E-state index < -0.39 is 0 Å². The molecule has 0 spiro atoms. The van der Waals surface area contributed by atoms with Gasteiger partial charge in [0.25, 0.3) is 0 Å². The Kier molecular flexibility index (Phi) is 4.39. The number of anilines is 1. The van der Waals surface area contributed by atoms with E-state index in [9.17, 15) is 0 Å². The first-order chi connectivity index (χ1) is 9.15. The number of hydrogen-bond donors (Lipinski definition) is 1. The third-order valence-electron chi connectivity index (χ3n) is 2.30. The van der Waals surface area contributed by atoms with E-state index in [1.54, 1.807) is 25.2 Å². The van der Waals surface area contributed by atoms with E-state index in [0.29, 0.717) is 34.0 Å². The Hall–Kier alpha value is -1.59. The standard InChI is InChI=1S/C12H12Cl2N4O/c1-3-19-12-17-10(16-11(15-2)18-12)7-5-4-6-8(13)9(7)14/h4-6H,3H2,1-2H3,(H,15,16,17,18). The molecule has 0 aliphatic carbocycles. The number of halogens is 2. The Morgan fingerprint density at radius 1 is 1.21 bits per heavy atom. The highest BCUT2D eigenvalue weighted by atomic mass is 35.5. The molecule has 100 valence electrons. The molecule has 0 fully saturated rings. The van der Waals surface area contributed by atoms with Crippen molar-refractivity contribution in [3.8, 4) is 17.4 Å². The molecule has 0 radical (unpaired) electrons. The molecule has 0 aliphatic rings. The van der Waals surface area contributed by atoms with E-state index >= 15 is 0 Å². The van der Waals surface area contributed by atoms with Gasteiger partial charge in [0, 0.05) is 12.6 Å². The summed E-state index contributed by atoms with van der Waals surface area (Å²) in [6.45, 7) is 2.32. The first-order valence-electron chi connectivity index (χ1n) is 5.66. The highest BCUT2D eigenvalue weighted by Gasteiger charge is 2.13. The van der Waals surface area contributed by atoms with E-state index in [2.05, 4.69) is 20.3 Å². The third-order valence-corrected chi connectivity index (χ3v) is 3.12. The molecule has 0 unspecified atom stereocenters. The van der Waals surface area contributed by atoms with Crippen LogP contribution in [0.5, 0.6) is 6.01 Å². The summed E-state index contributed by atoms with van der Waals surface area (Å²) in [5, 5.41) is 3.70. The highest BCUT2D eigenvalue weighted by Crippen LogP contribution is 2.32. The Bertz CT molecular complexity index is 592. The van der Waals surface area contributed by atoms with Crippen LogP contribution in [-0.2, 0) is 0 Å². The van der Waals surface area contributed by atoms with Gasteiger partial charge in [-0.15, -0.1) is 0 Å². The molecule has 0 aliphatic heterocycles. The maximum atomic E-state index is 6.16. The lowest BCUT2D eigenvalue weighted by Gasteiger charge is -2.08. The Morgan fingerprint density at radius 2 is 2.00 bits per heavy atom. The molecule has 0 bridgehead atoms. The quantitative estimate of drug-likeness (QED) is 0.938. The van der Waals surface area contributed by atoms with E-state index in [1.165, 1.54) is 0 Å². The lowest BCUT2D eigenvalue weighted by atomic mass is 10.2. The second-order valence-corrected chi connectivity index (χ2v) is 4.33. The van der Waals surface area contributed by atoms with Crippen LogP contribution in [0.1, 0.15) is 6.92 Å². The Morgan fingerprint density at radius 3 is 2.68 bits per heavy atom. The minimum absolute atomic E-state index is 0.243. The van der Waals surface area contributed by atoms with Crippen LogP contribution in [0, 0.1) is 0 Å². The summed E-state index contributed by atoms with van der Waals surface area (Å²) in [6.07, 6.45) is 0. The predicted molar refractivity (Wildman–Crippen MR) is 76.0 cm³/mol. The fourth-order valence-electron chi connectivity index (χ4n) is 1.46. The van der Waals surface area contributed by atoms with Gasteiger partial charge in [0.05, 0.1) is 16.7 Å². The van der Waals surface area contributed by atoms with Gasteiger partial charge in [0.15, 0.2) is 5.82 Å². The van der Waals surface area contributed by atoms with Gasteiger partial charge < -0.3 is 10.1 Å². The van der Waals surface area contributed by atoms with E-state index in [0.717, 1.165) is 0 Å². The van der Waals surface area contributed by atoms with Crippen molar-refractivity contribution < 1.29 is 4.74 Å². The SMILES string of the molecule is CCOc1nc(NC)nc(-c2cccc(Cl)c2Cl)n1. The number of nitrogens with zero attached hydrogens (tertiary/aromatic N) is 3. The van der Waals surface area contributed by atoms with E-state index in [1.807, 2.05) is 6.92 Å². The smallest absolute Gasteiger partial charge is 0.321 e. The summed E-state index contributed by atoms with van der Waals surface area (Å²) < 4.78 is 5.30. The van der Waals surface area contributed by atoms with Crippen LogP contribution >= 0.6 is 23.2 Å². The molecule has 1 aromatic carbocycles. The molecule has 7 heteroatoms. The highest BCUT2D eigenvalue weighted by molar-refractivity contribution is 6.43. The van der Waals surface area contributed by atoms with Crippen LogP contribution in [0.2, 0.25) is 10.0 Å². The molecule has 2 rings (SSSR count). The monoisotopic (exact) mass is 298 g/mol. The third kappa shape index (κ3) is 3.05. The molecule has 1 aromatic heterocycles. The average molecular weight is 299 g/mol. The fourth-order valence-corrected chi connectivity index (χ4v) is 1.84. The first-order valence-corrected chi connectivity index (χ1v) is 6.42. The molecule has 0 atom stereocenters. The number of rotatable bonds is 4. The molecule has 0 amide bonds. The maximum absolute atomic E-state index is 6.16. The molecular weight excluding hydrogens is 287 g/mol. The Labute approximate surface area is 121 Å². The van der Waals surface area contributed by atoms with Crippen molar-refractivity contribution in [1.82, 2.24) is 15.0 Å². The summed E-state index contributed by atoms with van der Waals surface area (Å²) in [4.78, 5) is 12.6. The summed E-state index contributed by atoms with van der Waals surface area (Å²) >= 11 is 12.1.